The summed E-state index contributed by atoms with van der Waals surface area (Å²) in [5.74, 6) is 0.836. The van der Waals surface area contributed by atoms with E-state index in [0.717, 1.165) is 78.0 Å². The smallest absolute Gasteiger partial charge is 0.337 e. The fourth-order valence-electron chi connectivity index (χ4n) is 11.7. The molecule has 8 aromatic carbocycles. The fraction of sp³-hybridized carbons (Fsp3) is 0.180. The van der Waals surface area contributed by atoms with Crippen LogP contribution in [0, 0.1) is 0 Å². The van der Waals surface area contributed by atoms with Crippen LogP contribution >= 0.6 is 0 Å². The third-order valence-corrected chi connectivity index (χ3v) is 15.0. The van der Waals surface area contributed by atoms with Crippen LogP contribution in [0.2, 0.25) is 0 Å². The summed E-state index contributed by atoms with van der Waals surface area (Å²) in [6, 6.07) is 60.7. The average Bonchev–Trinajstić information content (AvgIpc) is 3.96. The molecular formula is C61H51BN2O2. The Morgan fingerprint density at radius 2 is 1.14 bits per heavy atom. The first-order valence-corrected chi connectivity index (χ1v) is 23.5. The number of benzene rings is 8. The zero-order chi connectivity index (χ0) is 45.0. The molecular weight excluding hydrogens is 803 g/mol. The third-order valence-electron chi connectivity index (χ3n) is 15.0. The van der Waals surface area contributed by atoms with E-state index in [1.54, 1.807) is 0 Å². The van der Waals surface area contributed by atoms with E-state index in [-0.39, 0.29) is 23.1 Å². The lowest BCUT2D eigenvalue weighted by molar-refractivity contribution is 0.590. The van der Waals surface area contributed by atoms with Crippen LogP contribution in [0.25, 0.3) is 66.3 Å². The molecule has 2 aromatic heterocycles. The van der Waals surface area contributed by atoms with Crippen LogP contribution in [0.1, 0.15) is 77.6 Å². The van der Waals surface area contributed by atoms with Gasteiger partial charge in [0.2, 0.25) is 5.88 Å². The number of para-hydroxylation sites is 2. The Bertz CT molecular complexity index is 3650. The van der Waals surface area contributed by atoms with Gasteiger partial charge in [-0.25, -0.2) is 0 Å². The Morgan fingerprint density at radius 1 is 0.500 bits per heavy atom. The predicted molar refractivity (Wildman–Crippen MR) is 278 cm³/mol. The van der Waals surface area contributed by atoms with Gasteiger partial charge in [0, 0.05) is 60.8 Å². The van der Waals surface area contributed by atoms with E-state index in [2.05, 4.69) is 229 Å². The maximum atomic E-state index is 7.38. The van der Waals surface area contributed by atoms with E-state index in [4.69, 9.17) is 8.83 Å². The molecule has 4 nitrogen and oxygen atoms in total. The van der Waals surface area contributed by atoms with Crippen molar-refractivity contribution in [3.05, 3.63) is 186 Å². The van der Waals surface area contributed by atoms with E-state index >= 15 is 0 Å². The molecule has 0 spiro atoms. The molecule has 0 unspecified atom stereocenters. The summed E-state index contributed by atoms with van der Waals surface area (Å²) in [5, 5.41) is 3.29. The second-order valence-corrected chi connectivity index (χ2v) is 21.3. The first-order chi connectivity index (χ1) is 31.8. The Kier molecular flexibility index (Phi) is 7.96. The lowest BCUT2D eigenvalue weighted by Crippen LogP contribution is -2.61. The summed E-state index contributed by atoms with van der Waals surface area (Å²) in [6.45, 7) is 18.3. The van der Waals surface area contributed by atoms with Gasteiger partial charge in [0.15, 0.2) is 0 Å². The lowest BCUT2D eigenvalue weighted by atomic mass is 9.43. The zero-order valence-electron chi connectivity index (χ0n) is 38.9. The van der Waals surface area contributed by atoms with Gasteiger partial charge >= 0.3 is 6.85 Å². The zero-order valence-corrected chi connectivity index (χ0v) is 38.9. The largest absolute Gasteiger partial charge is 0.455 e. The van der Waals surface area contributed by atoms with Crippen molar-refractivity contribution in [2.45, 2.75) is 71.6 Å². The molecule has 0 atom stereocenters. The summed E-state index contributed by atoms with van der Waals surface area (Å²) in [7, 11) is 0. The number of hydrogen-bond acceptors (Lipinski definition) is 4. The highest BCUT2D eigenvalue weighted by Gasteiger charge is 2.52. The third kappa shape index (κ3) is 5.34. The topological polar surface area (TPSA) is 32.8 Å². The highest BCUT2D eigenvalue weighted by molar-refractivity contribution is 6.95. The number of fused-ring (bicyclic) bond motifs is 14. The molecule has 0 radical (unpaired) electrons. The Balaban J connectivity index is 1.23. The molecule has 0 bridgehead atoms. The molecule has 0 saturated carbocycles. The maximum Gasteiger partial charge on any atom is 0.337 e. The van der Waals surface area contributed by atoms with Gasteiger partial charge in [0.1, 0.15) is 16.7 Å². The minimum atomic E-state index is -0.301. The van der Waals surface area contributed by atoms with Gasteiger partial charge in [0.25, 0.3) is 0 Å². The summed E-state index contributed by atoms with van der Waals surface area (Å²) in [4.78, 5) is 5.12. The molecule has 5 heteroatoms. The van der Waals surface area contributed by atoms with Crippen molar-refractivity contribution in [1.82, 2.24) is 0 Å². The van der Waals surface area contributed by atoms with Crippen molar-refractivity contribution in [2.24, 2.45) is 0 Å². The van der Waals surface area contributed by atoms with Crippen LogP contribution in [-0.2, 0) is 16.2 Å². The highest BCUT2D eigenvalue weighted by atomic mass is 16.4. The molecule has 10 aromatic rings. The van der Waals surface area contributed by atoms with Crippen molar-refractivity contribution in [3.63, 3.8) is 0 Å². The molecule has 66 heavy (non-hydrogen) atoms. The molecule has 1 aliphatic carbocycles. The van der Waals surface area contributed by atoms with Crippen molar-refractivity contribution < 1.29 is 8.83 Å². The minimum Gasteiger partial charge on any atom is -0.455 e. The molecule has 0 saturated heterocycles. The SMILES string of the molecule is CC(C)(C)c1ccc(N2B3c4c(cc5c(oc6ccccc65)c4-c4ccc5c(c42)C(C)(C)c2ccccc2-5)N(c2ccc(C(C)(C)C)cc2-c2ccccc2)c2oc4ccccc4c23)cc1. The number of furan rings is 2. The molecule has 0 N–H and O–H groups in total. The van der Waals surface area contributed by atoms with Crippen LogP contribution in [0.4, 0.5) is 28.6 Å². The van der Waals surface area contributed by atoms with Crippen molar-refractivity contribution in [1.29, 1.82) is 0 Å². The molecule has 2 aliphatic heterocycles. The van der Waals surface area contributed by atoms with E-state index in [0.29, 0.717) is 0 Å². The first-order valence-electron chi connectivity index (χ1n) is 23.5. The van der Waals surface area contributed by atoms with Gasteiger partial charge in [-0.2, -0.15) is 0 Å². The summed E-state index contributed by atoms with van der Waals surface area (Å²) < 4.78 is 14.6. The van der Waals surface area contributed by atoms with Gasteiger partial charge in [-0.15, -0.1) is 0 Å². The lowest BCUT2D eigenvalue weighted by Gasteiger charge is -2.46. The van der Waals surface area contributed by atoms with Crippen LogP contribution in [0.3, 0.4) is 0 Å². The second kappa shape index (κ2) is 13.4. The van der Waals surface area contributed by atoms with Crippen molar-refractivity contribution >= 4 is 79.3 Å². The number of nitrogens with zero attached hydrogens (tertiary/aromatic N) is 2. The molecule has 0 amide bonds. The molecule has 13 rings (SSSR count). The fourth-order valence-corrected chi connectivity index (χ4v) is 11.7. The van der Waals surface area contributed by atoms with Gasteiger partial charge in [0.05, 0.1) is 5.69 Å². The molecule has 0 fully saturated rings. The minimum absolute atomic E-state index is 0.00580. The summed E-state index contributed by atoms with van der Waals surface area (Å²) >= 11 is 0. The van der Waals surface area contributed by atoms with Crippen LogP contribution < -0.4 is 20.6 Å². The normalized spacial score (nSPS) is 14.7. The van der Waals surface area contributed by atoms with Crippen molar-refractivity contribution in [2.75, 3.05) is 9.71 Å². The summed E-state index contributed by atoms with van der Waals surface area (Å²) in [6.07, 6.45) is 0. The summed E-state index contributed by atoms with van der Waals surface area (Å²) in [5.41, 5.74) is 21.6. The Labute approximate surface area is 387 Å². The van der Waals surface area contributed by atoms with Crippen LogP contribution in [0.5, 0.6) is 0 Å². The highest BCUT2D eigenvalue weighted by Crippen LogP contribution is 2.59. The Morgan fingerprint density at radius 3 is 1.88 bits per heavy atom. The number of anilines is 5. The van der Waals surface area contributed by atoms with Gasteiger partial charge in [-0.05, 0) is 97.7 Å². The van der Waals surface area contributed by atoms with Gasteiger partial charge in [-0.3, -0.25) is 4.90 Å². The van der Waals surface area contributed by atoms with E-state index in [1.807, 2.05) is 0 Å². The second-order valence-electron chi connectivity index (χ2n) is 21.3. The standard InChI is InChI=1S/C61H51BN2O2/c1-59(2,3)37-26-29-39(30-27-37)64-56-44(32-31-42-40-20-12-15-23-47(40)61(7,8)53(42)56)52-55-49(35-46-41-21-13-16-24-50(41)65-57(46)52)63(58-54(62(55)64)43-22-14-17-25-51(43)66-58)48-33-28-38(60(4,5)6)34-45(48)36-18-10-9-11-19-36/h9-35H,1-8H3. The monoisotopic (exact) mass is 854 g/mol. The van der Waals surface area contributed by atoms with E-state index in [9.17, 15) is 0 Å². The molecule has 4 heterocycles. The number of rotatable bonds is 3. The van der Waals surface area contributed by atoms with E-state index in [1.165, 1.54) is 50.1 Å². The maximum absolute atomic E-state index is 7.38. The Hall–Kier alpha value is -7.24. The van der Waals surface area contributed by atoms with Crippen molar-refractivity contribution in [3.8, 4) is 33.4 Å². The molecule has 3 aliphatic rings. The molecule has 320 valence electrons. The van der Waals surface area contributed by atoms with Crippen LogP contribution in [0.15, 0.2) is 173 Å². The average molecular weight is 855 g/mol. The number of hydrogen-bond donors (Lipinski definition) is 0. The quantitative estimate of drug-likeness (QED) is 0.166. The predicted octanol–water partition coefficient (Wildman–Crippen LogP) is 15.6. The van der Waals surface area contributed by atoms with E-state index < -0.39 is 0 Å². The van der Waals surface area contributed by atoms with Gasteiger partial charge < -0.3 is 13.6 Å². The first kappa shape index (κ1) is 39.2. The van der Waals surface area contributed by atoms with Crippen LogP contribution in [-0.4, -0.2) is 6.85 Å². The van der Waals surface area contributed by atoms with Gasteiger partial charge in [-0.1, -0.05) is 177 Å².